The largest absolute Gasteiger partial charge is 0.392 e. The summed E-state index contributed by atoms with van der Waals surface area (Å²) in [6, 6.07) is 0. The zero-order chi connectivity index (χ0) is 6.24. The van der Waals surface area contributed by atoms with Gasteiger partial charge in [-0.15, -0.1) is 0 Å². The first-order valence-corrected chi connectivity index (χ1v) is 2.22. The van der Waals surface area contributed by atoms with Crippen LogP contribution in [0.2, 0.25) is 0 Å². The van der Waals surface area contributed by atoms with Gasteiger partial charge in [0.2, 0.25) is 0 Å². The Kier molecular flexibility index (Phi) is 5.48. The van der Waals surface area contributed by atoms with Crippen LogP contribution in [-0.4, -0.2) is 19.5 Å². The Bertz CT molecular complexity index is 82.5. The van der Waals surface area contributed by atoms with Gasteiger partial charge in [0.25, 0.3) is 0 Å². The van der Waals surface area contributed by atoms with E-state index >= 15 is 0 Å². The van der Waals surface area contributed by atoms with Crippen molar-refractivity contribution in [3.63, 3.8) is 0 Å². The summed E-state index contributed by atoms with van der Waals surface area (Å²) in [4.78, 5) is 4.43. The first-order valence-electron chi connectivity index (χ1n) is 2.22. The van der Waals surface area contributed by atoms with Crippen LogP contribution in [0, 0.1) is 0 Å². The van der Waals surface area contributed by atoms with E-state index in [1.165, 1.54) is 6.08 Å². The zero-order valence-corrected chi connectivity index (χ0v) is 4.51. The molecule has 0 bridgehead atoms. The fraction of sp³-hybridized carbons (Fsp3) is 0.400. The molecular weight excluding hydrogens is 109 g/mol. The van der Waals surface area contributed by atoms with Crippen LogP contribution in [0.4, 0.5) is 4.39 Å². The van der Waals surface area contributed by atoms with Crippen molar-refractivity contribution in [3.05, 3.63) is 12.7 Å². The van der Waals surface area contributed by atoms with Gasteiger partial charge in [-0.3, -0.25) is 0 Å². The Hall–Kier alpha value is -0.860. The standard InChI is InChI=1S/C5H8FNO/c1-2-5-8-7-4-3-6/h2,4H,1,3,5H2/b7-4-. The van der Waals surface area contributed by atoms with E-state index in [0.717, 1.165) is 6.21 Å². The number of nitrogens with zero attached hydrogens (tertiary/aromatic N) is 1. The molecule has 8 heavy (non-hydrogen) atoms. The number of hydrogen-bond acceptors (Lipinski definition) is 2. The molecule has 0 aromatic carbocycles. The second kappa shape index (κ2) is 6.14. The van der Waals surface area contributed by atoms with Gasteiger partial charge in [0.15, 0.2) is 0 Å². The van der Waals surface area contributed by atoms with Gasteiger partial charge in [-0.05, 0) is 0 Å². The lowest BCUT2D eigenvalue weighted by molar-refractivity contribution is 0.175. The molecule has 0 unspecified atom stereocenters. The molecule has 0 aliphatic carbocycles. The van der Waals surface area contributed by atoms with E-state index in [-0.39, 0.29) is 0 Å². The Morgan fingerprint density at radius 3 is 3.00 bits per heavy atom. The first-order chi connectivity index (χ1) is 3.91. The number of alkyl halides is 1. The Morgan fingerprint density at radius 1 is 1.75 bits per heavy atom. The summed E-state index contributed by atoms with van der Waals surface area (Å²) < 4.78 is 11.2. The fourth-order valence-electron chi connectivity index (χ4n) is 0.177. The minimum Gasteiger partial charge on any atom is -0.392 e. The van der Waals surface area contributed by atoms with Gasteiger partial charge in [0.05, 0.1) is 6.21 Å². The van der Waals surface area contributed by atoms with E-state index in [1.54, 1.807) is 0 Å². The van der Waals surface area contributed by atoms with Crippen LogP contribution in [0.3, 0.4) is 0 Å². The molecule has 46 valence electrons. The molecule has 0 aromatic rings. The van der Waals surface area contributed by atoms with Crippen molar-refractivity contribution in [1.82, 2.24) is 0 Å². The molecule has 0 rings (SSSR count). The number of rotatable bonds is 4. The lowest BCUT2D eigenvalue weighted by atomic mass is 10.7. The van der Waals surface area contributed by atoms with Gasteiger partial charge in [-0.2, -0.15) is 0 Å². The topological polar surface area (TPSA) is 21.6 Å². The molecular formula is C5H8FNO. The van der Waals surface area contributed by atoms with Crippen molar-refractivity contribution >= 4 is 6.21 Å². The van der Waals surface area contributed by atoms with Crippen LogP contribution in [-0.2, 0) is 4.84 Å². The Morgan fingerprint density at radius 2 is 2.50 bits per heavy atom. The van der Waals surface area contributed by atoms with Crippen molar-refractivity contribution in [2.45, 2.75) is 0 Å². The van der Waals surface area contributed by atoms with Gasteiger partial charge >= 0.3 is 0 Å². The molecule has 0 aromatic heterocycles. The van der Waals surface area contributed by atoms with Crippen LogP contribution in [0.25, 0.3) is 0 Å². The van der Waals surface area contributed by atoms with Crippen LogP contribution >= 0.6 is 0 Å². The second-order valence-electron chi connectivity index (χ2n) is 1.03. The maximum absolute atomic E-state index is 11.2. The molecule has 0 atom stereocenters. The summed E-state index contributed by atoms with van der Waals surface area (Å²) in [6.45, 7) is 3.11. The fourth-order valence-corrected chi connectivity index (χ4v) is 0.177. The molecule has 0 saturated carbocycles. The lowest BCUT2D eigenvalue weighted by Gasteiger charge is -1.87. The summed E-state index contributed by atoms with van der Waals surface area (Å²) in [5.41, 5.74) is 0. The molecule has 2 nitrogen and oxygen atoms in total. The first kappa shape index (κ1) is 7.14. The quantitative estimate of drug-likeness (QED) is 0.234. The number of oxime groups is 1. The third-order valence-electron chi connectivity index (χ3n) is 0.410. The van der Waals surface area contributed by atoms with Crippen LogP contribution in [0.5, 0.6) is 0 Å². The number of hydrogen-bond donors (Lipinski definition) is 0. The average molecular weight is 117 g/mol. The summed E-state index contributed by atoms with van der Waals surface area (Å²) in [6.07, 6.45) is 2.58. The summed E-state index contributed by atoms with van der Waals surface area (Å²) in [5.74, 6) is 0. The van der Waals surface area contributed by atoms with E-state index in [9.17, 15) is 4.39 Å². The van der Waals surface area contributed by atoms with Crippen LogP contribution < -0.4 is 0 Å². The highest BCUT2D eigenvalue weighted by Crippen LogP contribution is 1.73. The van der Waals surface area contributed by atoms with Gasteiger partial charge in [0, 0.05) is 0 Å². The van der Waals surface area contributed by atoms with Gasteiger partial charge in [0.1, 0.15) is 13.3 Å². The molecule has 0 heterocycles. The Labute approximate surface area is 47.6 Å². The van der Waals surface area contributed by atoms with E-state index in [0.29, 0.717) is 6.61 Å². The molecule has 0 aliphatic rings. The van der Waals surface area contributed by atoms with Gasteiger partial charge < -0.3 is 4.84 Å². The monoisotopic (exact) mass is 117 g/mol. The maximum atomic E-state index is 11.2. The normalized spacial score (nSPS) is 9.62. The van der Waals surface area contributed by atoms with Crippen LogP contribution in [0.1, 0.15) is 0 Å². The second-order valence-corrected chi connectivity index (χ2v) is 1.03. The summed E-state index contributed by atoms with van der Waals surface area (Å²) in [5, 5.41) is 3.21. The third-order valence-corrected chi connectivity index (χ3v) is 0.410. The molecule has 0 N–H and O–H groups in total. The molecule has 0 aliphatic heterocycles. The zero-order valence-electron chi connectivity index (χ0n) is 4.51. The van der Waals surface area contributed by atoms with Gasteiger partial charge in [-0.1, -0.05) is 17.8 Å². The van der Waals surface area contributed by atoms with E-state index in [2.05, 4.69) is 16.6 Å². The van der Waals surface area contributed by atoms with Crippen molar-refractivity contribution in [2.75, 3.05) is 13.3 Å². The van der Waals surface area contributed by atoms with E-state index < -0.39 is 6.67 Å². The van der Waals surface area contributed by atoms with Crippen molar-refractivity contribution in [3.8, 4) is 0 Å². The number of halogens is 1. The minimum absolute atomic E-state index is 0.330. The predicted molar refractivity (Wildman–Crippen MR) is 30.6 cm³/mol. The van der Waals surface area contributed by atoms with Crippen molar-refractivity contribution in [2.24, 2.45) is 5.16 Å². The maximum Gasteiger partial charge on any atom is 0.135 e. The van der Waals surface area contributed by atoms with E-state index in [4.69, 9.17) is 0 Å². The molecule has 0 spiro atoms. The van der Waals surface area contributed by atoms with Crippen LogP contribution in [0.15, 0.2) is 17.8 Å². The summed E-state index contributed by atoms with van der Waals surface area (Å²) in [7, 11) is 0. The smallest absolute Gasteiger partial charge is 0.135 e. The molecule has 3 heteroatoms. The van der Waals surface area contributed by atoms with E-state index in [1.807, 2.05) is 0 Å². The predicted octanol–water partition coefficient (Wildman–Crippen LogP) is 1.14. The lowest BCUT2D eigenvalue weighted by Crippen LogP contribution is -1.82. The minimum atomic E-state index is -0.586. The Balaban J connectivity index is 2.90. The highest BCUT2D eigenvalue weighted by Gasteiger charge is 1.70. The molecule has 0 amide bonds. The molecule has 0 radical (unpaired) electrons. The molecule has 0 fully saturated rings. The summed E-state index contributed by atoms with van der Waals surface area (Å²) >= 11 is 0. The third kappa shape index (κ3) is 5.14. The highest BCUT2D eigenvalue weighted by atomic mass is 19.1. The van der Waals surface area contributed by atoms with Crippen molar-refractivity contribution in [1.29, 1.82) is 0 Å². The molecule has 0 saturated heterocycles. The van der Waals surface area contributed by atoms with Gasteiger partial charge in [-0.25, -0.2) is 4.39 Å². The average Bonchev–Trinajstić information content (AvgIpc) is 1.81. The highest BCUT2D eigenvalue weighted by molar-refractivity contribution is 5.57. The van der Waals surface area contributed by atoms with Crippen molar-refractivity contribution < 1.29 is 9.23 Å². The SMILES string of the molecule is C=CCO/N=C\CF.